The Balaban J connectivity index is 1.94. The third-order valence-corrected chi connectivity index (χ3v) is 3.59. The van der Waals surface area contributed by atoms with Crippen molar-refractivity contribution >= 4 is 17.4 Å². The molecule has 20 heavy (non-hydrogen) atoms. The van der Waals surface area contributed by atoms with Crippen LogP contribution in [0.4, 0.5) is 5.82 Å². The molecule has 1 aliphatic rings. The molecule has 0 fully saturated rings. The maximum atomic E-state index is 6.02. The first-order valence-corrected chi connectivity index (χ1v) is 7.02. The van der Waals surface area contributed by atoms with Gasteiger partial charge in [0.25, 0.3) is 0 Å². The number of halogens is 1. The van der Waals surface area contributed by atoms with Gasteiger partial charge in [-0.2, -0.15) is 0 Å². The molecule has 1 aliphatic heterocycles. The van der Waals surface area contributed by atoms with Gasteiger partial charge in [0, 0.05) is 30.5 Å². The highest BCUT2D eigenvalue weighted by molar-refractivity contribution is 6.30. The van der Waals surface area contributed by atoms with Crippen LogP contribution in [0.15, 0.2) is 24.3 Å². The SMILES string of the molecule is CNc1nc(Cc2cccc(Cl)c2)nc2c1COCC2. The van der Waals surface area contributed by atoms with Crippen LogP contribution in [0.5, 0.6) is 0 Å². The molecule has 0 atom stereocenters. The van der Waals surface area contributed by atoms with Crippen LogP contribution in [0.1, 0.15) is 22.6 Å². The van der Waals surface area contributed by atoms with Gasteiger partial charge in [-0.25, -0.2) is 9.97 Å². The van der Waals surface area contributed by atoms with E-state index in [1.54, 1.807) is 0 Å². The number of hydrogen-bond donors (Lipinski definition) is 1. The molecule has 4 nitrogen and oxygen atoms in total. The van der Waals surface area contributed by atoms with Crippen LogP contribution in [0, 0.1) is 0 Å². The predicted molar refractivity (Wildman–Crippen MR) is 79.2 cm³/mol. The molecule has 2 heterocycles. The summed E-state index contributed by atoms with van der Waals surface area (Å²) in [6.45, 7) is 1.31. The Labute approximate surface area is 123 Å². The van der Waals surface area contributed by atoms with Crippen LogP contribution in [0.25, 0.3) is 0 Å². The summed E-state index contributed by atoms with van der Waals surface area (Å²) in [7, 11) is 1.88. The third kappa shape index (κ3) is 2.76. The van der Waals surface area contributed by atoms with E-state index in [1.807, 2.05) is 31.3 Å². The van der Waals surface area contributed by atoms with Gasteiger partial charge in [-0.3, -0.25) is 0 Å². The Morgan fingerprint density at radius 2 is 2.25 bits per heavy atom. The summed E-state index contributed by atoms with van der Waals surface area (Å²) in [6.07, 6.45) is 1.53. The van der Waals surface area contributed by atoms with Crippen LogP contribution in [0.3, 0.4) is 0 Å². The van der Waals surface area contributed by atoms with E-state index in [0.717, 1.165) is 46.5 Å². The van der Waals surface area contributed by atoms with E-state index in [9.17, 15) is 0 Å². The number of nitrogens with one attached hydrogen (secondary N) is 1. The fourth-order valence-corrected chi connectivity index (χ4v) is 2.61. The van der Waals surface area contributed by atoms with E-state index >= 15 is 0 Å². The molecule has 2 aromatic rings. The van der Waals surface area contributed by atoms with Crippen molar-refractivity contribution in [3.05, 3.63) is 51.9 Å². The average Bonchev–Trinajstić information content (AvgIpc) is 2.46. The van der Waals surface area contributed by atoms with Gasteiger partial charge in [0.05, 0.1) is 18.9 Å². The Morgan fingerprint density at radius 3 is 3.05 bits per heavy atom. The highest BCUT2D eigenvalue weighted by Gasteiger charge is 2.17. The lowest BCUT2D eigenvalue weighted by atomic mass is 10.1. The van der Waals surface area contributed by atoms with E-state index in [4.69, 9.17) is 16.3 Å². The Kier molecular flexibility index (Phi) is 3.85. The van der Waals surface area contributed by atoms with Gasteiger partial charge < -0.3 is 10.1 Å². The number of ether oxygens (including phenoxy) is 1. The third-order valence-electron chi connectivity index (χ3n) is 3.36. The molecule has 3 rings (SSSR count). The standard InChI is InChI=1S/C15H16ClN3O/c1-17-15-12-9-20-6-5-13(12)18-14(19-15)8-10-3-2-4-11(16)7-10/h2-4,7H,5-6,8-9H2,1H3,(H,17,18,19). The molecular weight excluding hydrogens is 274 g/mol. The van der Waals surface area contributed by atoms with Gasteiger partial charge in [-0.1, -0.05) is 23.7 Å². The van der Waals surface area contributed by atoms with Crippen molar-refractivity contribution < 1.29 is 4.74 Å². The summed E-state index contributed by atoms with van der Waals surface area (Å²) in [4.78, 5) is 9.26. The second-order valence-corrected chi connectivity index (χ2v) is 5.21. The molecule has 0 bridgehead atoms. The van der Waals surface area contributed by atoms with Gasteiger partial charge in [-0.05, 0) is 17.7 Å². The van der Waals surface area contributed by atoms with Crippen molar-refractivity contribution in [3.8, 4) is 0 Å². The minimum atomic E-state index is 0.586. The number of fused-ring (bicyclic) bond motifs is 1. The number of anilines is 1. The molecule has 0 aliphatic carbocycles. The van der Waals surface area contributed by atoms with Crippen LogP contribution in [0.2, 0.25) is 5.02 Å². The van der Waals surface area contributed by atoms with E-state index < -0.39 is 0 Å². The first-order chi connectivity index (χ1) is 9.76. The lowest BCUT2D eigenvalue weighted by Gasteiger charge is -2.19. The van der Waals surface area contributed by atoms with Crippen LogP contribution >= 0.6 is 11.6 Å². The lowest BCUT2D eigenvalue weighted by molar-refractivity contribution is 0.109. The molecule has 1 aromatic heterocycles. The fourth-order valence-electron chi connectivity index (χ4n) is 2.40. The zero-order valence-electron chi connectivity index (χ0n) is 11.3. The highest BCUT2D eigenvalue weighted by Crippen LogP contribution is 2.23. The Morgan fingerprint density at radius 1 is 1.35 bits per heavy atom. The summed E-state index contributed by atoms with van der Waals surface area (Å²) < 4.78 is 5.47. The average molecular weight is 290 g/mol. The maximum Gasteiger partial charge on any atom is 0.135 e. The number of rotatable bonds is 3. The van der Waals surface area contributed by atoms with E-state index in [0.29, 0.717) is 13.0 Å². The van der Waals surface area contributed by atoms with Gasteiger partial charge in [0.15, 0.2) is 0 Å². The van der Waals surface area contributed by atoms with Crippen molar-refractivity contribution in [2.75, 3.05) is 19.0 Å². The van der Waals surface area contributed by atoms with Crippen molar-refractivity contribution in [2.24, 2.45) is 0 Å². The first-order valence-electron chi connectivity index (χ1n) is 6.65. The number of nitrogens with zero attached hydrogens (tertiary/aromatic N) is 2. The van der Waals surface area contributed by atoms with Gasteiger partial charge in [-0.15, -0.1) is 0 Å². The summed E-state index contributed by atoms with van der Waals surface area (Å²) >= 11 is 6.02. The molecule has 0 unspecified atom stereocenters. The van der Waals surface area contributed by atoms with E-state index in [2.05, 4.69) is 15.3 Å². The second kappa shape index (κ2) is 5.77. The summed E-state index contributed by atoms with van der Waals surface area (Å²) in [5.74, 6) is 1.68. The minimum absolute atomic E-state index is 0.586. The van der Waals surface area contributed by atoms with Gasteiger partial charge in [0.2, 0.25) is 0 Å². The molecule has 5 heteroatoms. The fraction of sp³-hybridized carbons (Fsp3) is 0.333. The van der Waals surface area contributed by atoms with E-state index in [-0.39, 0.29) is 0 Å². The molecule has 0 spiro atoms. The maximum absolute atomic E-state index is 6.02. The largest absolute Gasteiger partial charge is 0.376 e. The first kappa shape index (κ1) is 13.3. The molecule has 104 valence electrons. The normalized spacial score (nSPS) is 13.9. The minimum Gasteiger partial charge on any atom is -0.376 e. The highest BCUT2D eigenvalue weighted by atomic mass is 35.5. The number of benzene rings is 1. The predicted octanol–water partition coefficient (Wildman–Crippen LogP) is 2.84. The van der Waals surface area contributed by atoms with Crippen LogP contribution in [-0.4, -0.2) is 23.6 Å². The molecule has 0 radical (unpaired) electrons. The smallest absolute Gasteiger partial charge is 0.135 e. The summed E-state index contributed by atoms with van der Waals surface area (Å²) in [5, 5.41) is 3.87. The molecule has 0 saturated heterocycles. The Bertz CT molecular complexity index is 613. The van der Waals surface area contributed by atoms with Crippen molar-refractivity contribution in [2.45, 2.75) is 19.4 Å². The quantitative estimate of drug-likeness (QED) is 0.944. The molecule has 1 N–H and O–H groups in total. The van der Waals surface area contributed by atoms with Gasteiger partial charge in [0.1, 0.15) is 11.6 Å². The van der Waals surface area contributed by atoms with Crippen molar-refractivity contribution in [1.29, 1.82) is 0 Å². The van der Waals surface area contributed by atoms with Crippen molar-refractivity contribution in [1.82, 2.24) is 9.97 Å². The second-order valence-electron chi connectivity index (χ2n) is 4.77. The molecule has 0 saturated carbocycles. The molecular formula is C15H16ClN3O. The number of aromatic nitrogens is 2. The monoisotopic (exact) mass is 289 g/mol. The van der Waals surface area contributed by atoms with Crippen LogP contribution in [-0.2, 0) is 24.2 Å². The zero-order chi connectivity index (χ0) is 13.9. The van der Waals surface area contributed by atoms with E-state index in [1.165, 1.54) is 0 Å². The topological polar surface area (TPSA) is 47.0 Å². The number of hydrogen-bond acceptors (Lipinski definition) is 4. The summed E-state index contributed by atoms with van der Waals surface area (Å²) in [5.41, 5.74) is 3.28. The zero-order valence-corrected chi connectivity index (χ0v) is 12.1. The van der Waals surface area contributed by atoms with Crippen LogP contribution < -0.4 is 5.32 Å². The van der Waals surface area contributed by atoms with Crippen molar-refractivity contribution in [3.63, 3.8) is 0 Å². The van der Waals surface area contributed by atoms with Gasteiger partial charge >= 0.3 is 0 Å². The molecule has 0 amide bonds. The summed E-state index contributed by atoms with van der Waals surface area (Å²) in [6, 6.07) is 7.81. The molecule has 1 aromatic carbocycles. The lowest BCUT2D eigenvalue weighted by Crippen LogP contribution is -2.17. The Hall–Kier alpha value is -1.65.